The second-order valence-corrected chi connectivity index (χ2v) is 4.68. The Hall–Kier alpha value is -1.01. The van der Waals surface area contributed by atoms with Gasteiger partial charge in [0.1, 0.15) is 18.1 Å². The lowest BCUT2D eigenvalue weighted by Crippen LogP contribution is -1.97. The Balaban J connectivity index is 2.72. The van der Waals surface area contributed by atoms with E-state index in [2.05, 4.69) is 31.9 Å². The lowest BCUT2D eigenvalue weighted by molar-refractivity contribution is -0.131. The number of ether oxygens (including phenoxy) is 2. The Morgan fingerprint density at radius 2 is 1.94 bits per heavy atom. The Morgan fingerprint density at radius 3 is 2.53 bits per heavy atom. The molecule has 0 unspecified atom stereocenters. The third-order valence-electron chi connectivity index (χ3n) is 1.80. The fourth-order valence-electron chi connectivity index (χ4n) is 1.06. The molecule has 6 heteroatoms. The Morgan fingerprint density at radius 1 is 1.35 bits per heavy atom. The van der Waals surface area contributed by atoms with Crippen molar-refractivity contribution < 1.29 is 19.4 Å². The zero-order chi connectivity index (χ0) is 12.8. The summed E-state index contributed by atoms with van der Waals surface area (Å²) in [5.74, 6) is 0.293. The van der Waals surface area contributed by atoms with Gasteiger partial charge in [0, 0.05) is 6.08 Å². The van der Waals surface area contributed by atoms with Crippen molar-refractivity contribution in [3.63, 3.8) is 0 Å². The number of carboxylic acids is 1. The molecule has 0 aliphatic heterocycles. The van der Waals surface area contributed by atoms with Gasteiger partial charge in [-0.3, -0.25) is 0 Å². The van der Waals surface area contributed by atoms with Crippen LogP contribution < -0.4 is 9.47 Å². The van der Waals surface area contributed by atoms with Gasteiger partial charge in [-0.15, -0.1) is 0 Å². The number of carboxylic acid groups (broad SMARTS) is 1. The van der Waals surface area contributed by atoms with Crippen molar-refractivity contribution >= 4 is 37.8 Å². The Kier molecular flexibility index (Phi) is 5.50. The van der Waals surface area contributed by atoms with Crippen molar-refractivity contribution in [1.82, 2.24) is 0 Å². The minimum atomic E-state index is -0.997. The molecule has 1 aromatic carbocycles. The first-order chi connectivity index (χ1) is 8.04. The Labute approximate surface area is 115 Å². The lowest BCUT2D eigenvalue weighted by Gasteiger charge is -2.09. The summed E-state index contributed by atoms with van der Waals surface area (Å²) in [6.07, 6.45) is 2.46. The number of benzene rings is 1. The molecule has 0 aliphatic rings. The quantitative estimate of drug-likeness (QED) is 0.814. The van der Waals surface area contributed by atoms with Crippen LogP contribution in [0.2, 0.25) is 0 Å². The summed E-state index contributed by atoms with van der Waals surface area (Å²) < 4.78 is 12.0. The fourth-order valence-corrected chi connectivity index (χ4v) is 1.99. The first kappa shape index (κ1) is 14.1. The molecule has 0 spiro atoms. The Bertz CT molecular complexity index is 443. The molecule has 0 heterocycles. The second kappa shape index (κ2) is 6.66. The average molecular weight is 366 g/mol. The van der Waals surface area contributed by atoms with E-state index < -0.39 is 5.97 Å². The van der Waals surface area contributed by atoms with Crippen LogP contribution in [0, 0.1) is 0 Å². The van der Waals surface area contributed by atoms with Gasteiger partial charge in [-0.05, 0) is 50.1 Å². The summed E-state index contributed by atoms with van der Waals surface area (Å²) in [7, 11) is 1.57. The van der Waals surface area contributed by atoms with Crippen molar-refractivity contribution in [3.8, 4) is 11.5 Å². The molecule has 0 aromatic heterocycles. The first-order valence-corrected chi connectivity index (χ1v) is 6.18. The SMILES string of the molecule is COc1cc(Br)c(OC/C=C/C(=O)O)cc1Br. The number of rotatable bonds is 5. The van der Waals surface area contributed by atoms with Gasteiger partial charge in [-0.25, -0.2) is 4.79 Å². The summed E-state index contributed by atoms with van der Waals surface area (Å²) in [6.45, 7) is 0.184. The monoisotopic (exact) mass is 364 g/mol. The van der Waals surface area contributed by atoms with E-state index >= 15 is 0 Å². The van der Waals surface area contributed by atoms with Crippen LogP contribution in [0.15, 0.2) is 33.2 Å². The normalized spacial score (nSPS) is 10.5. The van der Waals surface area contributed by atoms with Gasteiger partial charge in [0.2, 0.25) is 0 Å². The van der Waals surface area contributed by atoms with E-state index in [-0.39, 0.29) is 6.61 Å². The van der Waals surface area contributed by atoms with Gasteiger partial charge < -0.3 is 14.6 Å². The molecule has 4 nitrogen and oxygen atoms in total. The molecule has 0 saturated heterocycles. The first-order valence-electron chi connectivity index (χ1n) is 4.60. The maximum absolute atomic E-state index is 10.2. The molecule has 17 heavy (non-hydrogen) atoms. The summed E-state index contributed by atoms with van der Waals surface area (Å²) in [5, 5.41) is 8.40. The number of carbonyl (C=O) groups is 1. The smallest absolute Gasteiger partial charge is 0.328 e. The summed E-state index contributed by atoms with van der Waals surface area (Å²) >= 11 is 6.67. The number of halogens is 2. The highest BCUT2D eigenvalue weighted by Crippen LogP contribution is 2.35. The van der Waals surface area contributed by atoms with E-state index in [0.717, 1.165) is 15.0 Å². The second-order valence-electron chi connectivity index (χ2n) is 2.97. The molecule has 0 fully saturated rings. The molecule has 0 amide bonds. The van der Waals surface area contributed by atoms with E-state index in [9.17, 15) is 4.79 Å². The molecule has 1 aromatic rings. The zero-order valence-corrected chi connectivity index (χ0v) is 12.1. The molecule has 0 atom stereocenters. The number of methoxy groups -OCH3 is 1. The molecule has 0 radical (unpaired) electrons. The summed E-state index contributed by atoms with van der Waals surface area (Å²) in [6, 6.07) is 3.51. The van der Waals surface area contributed by atoms with Crippen LogP contribution in [-0.2, 0) is 4.79 Å². The molecule has 0 bridgehead atoms. The van der Waals surface area contributed by atoms with Gasteiger partial charge in [0.15, 0.2) is 0 Å². The third-order valence-corrected chi connectivity index (χ3v) is 3.04. The van der Waals surface area contributed by atoms with Gasteiger partial charge in [-0.1, -0.05) is 0 Å². The molecule has 1 rings (SSSR count). The van der Waals surface area contributed by atoms with Crippen LogP contribution in [0.3, 0.4) is 0 Å². The molecular weight excluding hydrogens is 356 g/mol. The number of hydrogen-bond acceptors (Lipinski definition) is 3. The molecule has 92 valence electrons. The minimum absolute atomic E-state index is 0.184. The van der Waals surface area contributed by atoms with Crippen molar-refractivity contribution in [2.45, 2.75) is 0 Å². The highest BCUT2D eigenvalue weighted by molar-refractivity contribution is 9.11. The van der Waals surface area contributed by atoms with E-state index in [1.807, 2.05) is 0 Å². The van der Waals surface area contributed by atoms with E-state index in [1.165, 1.54) is 6.08 Å². The van der Waals surface area contributed by atoms with Crippen molar-refractivity contribution in [3.05, 3.63) is 33.2 Å². The summed E-state index contributed by atoms with van der Waals surface area (Å²) in [5.41, 5.74) is 0. The van der Waals surface area contributed by atoms with Gasteiger partial charge in [0.25, 0.3) is 0 Å². The molecular formula is C11H10Br2O4. The van der Waals surface area contributed by atoms with Crippen molar-refractivity contribution in [2.75, 3.05) is 13.7 Å². The topological polar surface area (TPSA) is 55.8 Å². The van der Waals surface area contributed by atoms with E-state index in [4.69, 9.17) is 14.6 Å². The minimum Gasteiger partial charge on any atom is -0.496 e. The standard InChI is InChI=1S/C11H10Br2O4/c1-16-9-5-8(13)10(6-7(9)12)17-4-2-3-11(14)15/h2-3,5-6H,4H2,1H3,(H,14,15)/b3-2+. The molecule has 0 saturated carbocycles. The van der Waals surface area contributed by atoms with Crippen molar-refractivity contribution in [1.29, 1.82) is 0 Å². The van der Waals surface area contributed by atoms with Crippen LogP contribution in [-0.4, -0.2) is 24.8 Å². The number of aliphatic carboxylic acids is 1. The fraction of sp³-hybridized carbons (Fsp3) is 0.182. The highest BCUT2D eigenvalue weighted by atomic mass is 79.9. The lowest BCUT2D eigenvalue weighted by atomic mass is 10.3. The predicted octanol–water partition coefficient (Wildman–Crippen LogP) is 3.24. The third kappa shape index (κ3) is 4.40. The van der Waals surface area contributed by atoms with Gasteiger partial charge >= 0.3 is 5.97 Å². The van der Waals surface area contributed by atoms with Crippen LogP contribution >= 0.6 is 31.9 Å². The van der Waals surface area contributed by atoms with Gasteiger partial charge in [0.05, 0.1) is 16.1 Å². The largest absolute Gasteiger partial charge is 0.496 e. The summed E-state index contributed by atoms with van der Waals surface area (Å²) in [4.78, 5) is 10.2. The van der Waals surface area contributed by atoms with Gasteiger partial charge in [-0.2, -0.15) is 0 Å². The van der Waals surface area contributed by atoms with Crippen LogP contribution in [0.25, 0.3) is 0 Å². The predicted molar refractivity (Wildman–Crippen MR) is 70.7 cm³/mol. The van der Waals surface area contributed by atoms with Crippen LogP contribution in [0.5, 0.6) is 11.5 Å². The van der Waals surface area contributed by atoms with Crippen LogP contribution in [0.4, 0.5) is 0 Å². The van der Waals surface area contributed by atoms with Crippen molar-refractivity contribution in [2.24, 2.45) is 0 Å². The zero-order valence-electron chi connectivity index (χ0n) is 8.94. The molecule has 1 N–H and O–H groups in total. The molecule has 0 aliphatic carbocycles. The van der Waals surface area contributed by atoms with E-state index in [0.29, 0.717) is 11.5 Å². The highest BCUT2D eigenvalue weighted by Gasteiger charge is 2.07. The maximum Gasteiger partial charge on any atom is 0.328 e. The number of hydrogen-bond donors (Lipinski definition) is 1. The van der Waals surface area contributed by atoms with Crippen LogP contribution in [0.1, 0.15) is 0 Å². The average Bonchev–Trinajstić information content (AvgIpc) is 2.28. The van der Waals surface area contributed by atoms with E-state index in [1.54, 1.807) is 19.2 Å². The maximum atomic E-state index is 10.2.